The molecule has 1 saturated heterocycles. The molecule has 7 heteroatoms. The van der Waals surface area contributed by atoms with E-state index in [1.807, 2.05) is 0 Å². The minimum Gasteiger partial charge on any atom is -0.342 e. The maximum absolute atomic E-state index is 11.3. The number of carbonyl (C=O) groups excluding carboxylic acids is 1. The molecule has 0 aliphatic carbocycles. The average Bonchev–Trinajstić information content (AvgIpc) is 2.28. The fraction of sp³-hybridized carbons (Fsp3) is 0.857. The lowest BCUT2D eigenvalue weighted by molar-refractivity contribution is -0.127. The maximum Gasteiger partial charge on any atom is 0.222 e. The van der Waals surface area contributed by atoms with Gasteiger partial charge >= 0.3 is 0 Å². The third-order valence-electron chi connectivity index (χ3n) is 2.13. The number of hydrogen-bond donors (Lipinski definition) is 2. The van der Waals surface area contributed by atoms with Crippen LogP contribution in [0.4, 0.5) is 0 Å². The lowest BCUT2D eigenvalue weighted by Gasteiger charge is -2.14. The van der Waals surface area contributed by atoms with Crippen LogP contribution in [0.3, 0.4) is 0 Å². The number of sulfonamides is 1. The summed E-state index contributed by atoms with van der Waals surface area (Å²) >= 11 is 4.02. The summed E-state index contributed by atoms with van der Waals surface area (Å²) in [6.07, 6.45) is 0.282. The second-order valence-corrected chi connectivity index (χ2v) is 5.57. The normalized spacial score (nSPS) is 23.1. The van der Waals surface area contributed by atoms with E-state index in [0.29, 0.717) is 18.8 Å². The maximum atomic E-state index is 11.3. The third kappa shape index (κ3) is 3.47. The first-order chi connectivity index (χ1) is 6.42. The van der Waals surface area contributed by atoms with Crippen molar-refractivity contribution in [1.82, 2.24) is 4.90 Å². The van der Waals surface area contributed by atoms with Gasteiger partial charge in [0.15, 0.2) is 0 Å². The monoisotopic (exact) mass is 238 g/mol. The largest absolute Gasteiger partial charge is 0.342 e. The molecule has 0 spiro atoms. The SMILES string of the molecule is NS(=O)(=O)CC1CC(=O)N(CCS)C1. The zero-order chi connectivity index (χ0) is 10.8. The van der Waals surface area contributed by atoms with Crippen molar-refractivity contribution < 1.29 is 13.2 Å². The van der Waals surface area contributed by atoms with Gasteiger partial charge in [-0.25, -0.2) is 13.6 Å². The van der Waals surface area contributed by atoms with E-state index in [1.54, 1.807) is 4.90 Å². The van der Waals surface area contributed by atoms with Crippen molar-refractivity contribution in [2.45, 2.75) is 6.42 Å². The van der Waals surface area contributed by atoms with Crippen molar-refractivity contribution >= 4 is 28.6 Å². The molecular formula is C7H14N2O3S2. The number of primary sulfonamides is 1. The Kier molecular flexibility index (Phi) is 3.79. The molecule has 0 saturated carbocycles. The summed E-state index contributed by atoms with van der Waals surface area (Å²) < 4.78 is 21.6. The molecule has 82 valence electrons. The summed E-state index contributed by atoms with van der Waals surface area (Å²) in [6.45, 7) is 1.05. The van der Waals surface area contributed by atoms with Gasteiger partial charge in [0.25, 0.3) is 0 Å². The van der Waals surface area contributed by atoms with E-state index in [0.717, 1.165) is 0 Å². The van der Waals surface area contributed by atoms with Gasteiger partial charge in [0.2, 0.25) is 15.9 Å². The Morgan fingerprint density at radius 3 is 2.71 bits per heavy atom. The van der Waals surface area contributed by atoms with Crippen LogP contribution in [-0.2, 0) is 14.8 Å². The van der Waals surface area contributed by atoms with Crippen LogP contribution in [0.5, 0.6) is 0 Å². The highest BCUT2D eigenvalue weighted by atomic mass is 32.2. The van der Waals surface area contributed by atoms with Crippen LogP contribution < -0.4 is 5.14 Å². The van der Waals surface area contributed by atoms with E-state index >= 15 is 0 Å². The van der Waals surface area contributed by atoms with Gasteiger partial charge < -0.3 is 4.90 Å². The number of carbonyl (C=O) groups is 1. The van der Waals surface area contributed by atoms with Gasteiger partial charge in [0.1, 0.15) is 0 Å². The fourth-order valence-corrected chi connectivity index (χ4v) is 2.75. The molecule has 1 unspecified atom stereocenters. The smallest absolute Gasteiger partial charge is 0.222 e. The summed E-state index contributed by atoms with van der Waals surface area (Å²) in [6, 6.07) is 0. The third-order valence-corrected chi connectivity index (χ3v) is 3.27. The van der Waals surface area contributed by atoms with E-state index in [-0.39, 0.29) is 24.0 Å². The molecular weight excluding hydrogens is 224 g/mol. The van der Waals surface area contributed by atoms with E-state index in [4.69, 9.17) is 5.14 Å². The summed E-state index contributed by atoms with van der Waals surface area (Å²) in [5.41, 5.74) is 0. The molecule has 1 rings (SSSR count). The molecule has 5 nitrogen and oxygen atoms in total. The number of likely N-dealkylation sites (tertiary alicyclic amines) is 1. The van der Waals surface area contributed by atoms with Gasteiger partial charge in [-0.15, -0.1) is 0 Å². The van der Waals surface area contributed by atoms with Crippen molar-refractivity contribution in [2.75, 3.05) is 24.6 Å². The molecule has 1 atom stereocenters. The Bertz CT molecular complexity index is 315. The van der Waals surface area contributed by atoms with Crippen LogP contribution in [0.25, 0.3) is 0 Å². The van der Waals surface area contributed by atoms with Gasteiger partial charge in [0, 0.05) is 31.2 Å². The van der Waals surface area contributed by atoms with Gasteiger partial charge in [-0.1, -0.05) is 0 Å². The summed E-state index contributed by atoms with van der Waals surface area (Å²) in [5.74, 6) is 0.320. The van der Waals surface area contributed by atoms with Crippen molar-refractivity contribution in [2.24, 2.45) is 11.1 Å². The molecule has 1 fully saturated rings. The lowest BCUT2D eigenvalue weighted by atomic mass is 10.1. The van der Waals surface area contributed by atoms with E-state index in [1.165, 1.54) is 0 Å². The highest BCUT2D eigenvalue weighted by Crippen LogP contribution is 2.18. The minimum atomic E-state index is -3.47. The van der Waals surface area contributed by atoms with Gasteiger partial charge in [0.05, 0.1) is 5.75 Å². The van der Waals surface area contributed by atoms with Crippen molar-refractivity contribution in [3.05, 3.63) is 0 Å². The molecule has 0 bridgehead atoms. The Morgan fingerprint density at radius 2 is 2.21 bits per heavy atom. The number of thiol groups is 1. The Hall–Kier alpha value is -0.270. The number of nitrogens with two attached hydrogens (primary N) is 1. The minimum absolute atomic E-state index is 0.00676. The highest BCUT2D eigenvalue weighted by molar-refractivity contribution is 7.89. The van der Waals surface area contributed by atoms with Crippen LogP contribution in [0.2, 0.25) is 0 Å². The summed E-state index contributed by atoms with van der Waals surface area (Å²) in [7, 11) is -3.47. The predicted molar refractivity (Wildman–Crippen MR) is 56.5 cm³/mol. The van der Waals surface area contributed by atoms with Gasteiger partial charge in [-0.2, -0.15) is 12.6 Å². The standard InChI is InChI=1S/C7H14N2O3S2/c8-14(11,12)5-6-3-7(10)9(4-6)1-2-13/h6,13H,1-5H2,(H2,8,11,12). The molecule has 1 aliphatic rings. The van der Waals surface area contributed by atoms with Crippen LogP contribution in [0.1, 0.15) is 6.42 Å². The second-order valence-electron chi connectivity index (χ2n) is 3.46. The number of hydrogen-bond acceptors (Lipinski definition) is 4. The van der Waals surface area contributed by atoms with E-state index < -0.39 is 10.0 Å². The second kappa shape index (κ2) is 4.50. The zero-order valence-electron chi connectivity index (χ0n) is 7.72. The molecule has 1 amide bonds. The summed E-state index contributed by atoms with van der Waals surface area (Å²) in [5, 5.41) is 4.91. The fourth-order valence-electron chi connectivity index (χ4n) is 1.63. The molecule has 2 N–H and O–H groups in total. The van der Waals surface area contributed by atoms with Gasteiger partial charge in [-0.05, 0) is 0 Å². The molecule has 0 aromatic rings. The van der Waals surface area contributed by atoms with Crippen LogP contribution >= 0.6 is 12.6 Å². The number of nitrogens with zero attached hydrogens (tertiary/aromatic N) is 1. The Balaban J connectivity index is 2.51. The first-order valence-corrected chi connectivity index (χ1v) is 6.66. The Morgan fingerprint density at radius 1 is 1.57 bits per heavy atom. The highest BCUT2D eigenvalue weighted by Gasteiger charge is 2.31. The molecule has 1 aliphatic heterocycles. The van der Waals surface area contributed by atoms with E-state index in [2.05, 4.69) is 12.6 Å². The molecule has 0 aromatic carbocycles. The molecule has 0 radical (unpaired) electrons. The quantitative estimate of drug-likeness (QED) is 0.620. The topological polar surface area (TPSA) is 80.5 Å². The van der Waals surface area contributed by atoms with Crippen molar-refractivity contribution in [3.63, 3.8) is 0 Å². The van der Waals surface area contributed by atoms with Crippen molar-refractivity contribution in [3.8, 4) is 0 Å². The average molecular weight is 238 g/mol. The zero-order valence-corrected chi connectivity index (χ0v) is 9.43. The number of amides is 1. The van der Waals surface area contributed by atoms with E-state index in [9.17, 15) is 13.2 Å². The van der Waals surface area contributed by atoms with Crippen LogP contribution in [0, 0.1) is 5.92 Å². The van der Waals surface area contributed by atoms with Gasteiger partial charge in [-0.3, -0.25) is 4.79 Å². The summed E-state index contributed by atoms with van der Waals surface area (Å²) in [4.78, 5) is 12.9. The molecule has 14 heavy (non-hydrogen) atoms. The Labute approximate surface area is 89.1 Å². The molecule has 0 aromatic heterocycles. The van der Waals surface area contributed by atoms with Crippen LogP contribution in [-0.4, -0.2) is 43.8 Å². The van der Waals surface area contributed by atoms with Crippen LogP contribution in [0.15, 0.2) is 0 Å². The van der Waals surface area contributed by atoms with Crippen molar-refractivity contribution in [1.29, 1.82) is 0 Å². The molecule has 1 heterocycles. The first kappa shape index (κ1) is 11.8. The lowest BCUT2D eigenvalue weighted by Crippen LogP contribution is -2.29. The predicted octanol–water partition coefficient (Wildman–Crippen LogP) is -0.947. The first-order valence-electron chi connectivity index (χ1n) is 4.31. The number of rotatable bonds is 4.